The van der Waals surface area contributed by atoms with Gasteiger partial charge >= 0.3 is 0 Å². The average Bonchev–Trinajstić information content (AvgIpc) is 2.66. The Bertz CT molecular complexity index is 503. The number of hydrogen-bond donors (Lipinski definition) is 2. The van der Waals surface area contributed by atoms with Crippen molar-refractivity contribution < 1.29 is 0 Å². The van der Waals surface area contributed by atoms with Gasteiger partial charge in [0.15, 0.2) is 5.65 Å². The lowest BCUT2D eigenvalue weighted by atomic mass is 10.1. The number of pyridine rings is 1. The molecule has 0 saturated carbocycles. The predicted molar refractivity (Wildman–Crippen MR) is 69.0 cm³/mol. The Hall–Kier alpha value is -1.62. The number of nitrogens with two attached hydrogens (primary N) is 1. The molecule has 0 bridgehead atoms. The van der Waals surface area contributed by atoms with E-state index in [2.05, 4.69) is 29.2 Å². The van der Waals surface area contributed by atoms with Crippen LogP contribution in [-0.4, -0.2) is 27.2 Å². The second-order valence-corrected chi connectivity index (χ2v) is 4.68. The van der Waals surface area contributed by atoms with Crippen LogP contribution in [0.4, 0.5) is 5.95 Å². The summed E-state index contributed by atoms with van der Waals surface area (Å²) in [5.41, 5.74) is 7.72. The molecule has 0 aliphatic rings. The highest BCUT2D eigenvalue weighted by atomic mass is 15.3. The first-order valence-electron chi connectivity index (χ1n) is 5.90. The van der Waals surface area contributed by atoms with Gasteiger partial charge in [0.2, 0.25) is 5.95 Å². The maximum Gasteiger partial charge on any atom is 0.243 e. The SMILES string of the molecule is Cc1ccc2nc(NC(CN)C(C)C)nn2c1. The molecule has 3 N–H and O–H groups in total. The van der Waals surface area contributed by atoms with Crippen LogP contribution in [0.15, 0.2) is 18.3 Å². The molecule has 0 aliphatic heterocycles. The number of aryl methyl sites for hydroxylation is 1. The van der Waals surface area contributed by atoms with Gasteiger partial charge in [-0.1, -0.05) is 19.9 Å². The fraction of sp³-hybridized carbons (Fsp3) is 0.500. The van der Waals surface area contributed by atoms with Gasteiger partial charge in [0, 0.05) is 18.8 Å². The van der Waals surface area contributed by atoms with Crippen molar-refractivity contribution in [3.8, 4) is 0 Å². The Morgan fingerprint density at radius 2 is 2.18 bits per heavy atom. The van der Waals surface area contributed by atoms with Crippen LogP contribution < -0.4 is 11.1 Å². The van der Waals surface area contributed by atoms with Crippen LogP contribution in [0.2, 0.25) is 0 Å². The van der Waals surface area contributed by atoms with E-state index >= 15 is 0 Å². The molecule has 0 fully saturated rings. The Labute approximate surface area is 101 Å². The highest BCUT2D eigenvalue weighted by molar-refractivity contribution is 5.44. The van der Waals surface area contributed by atoms with Gasteiger partial charge in [0.25, 0.3) is 0 Å². The zero-order valence-electron chi connectivity index (χ0n) is 10.5. The van der Waals surface area contributed by atoms with Gasteiger partial charge < -0.3 is 11.1 Å². The van der Waals surface area contributed by atoms with Crippen molar-refractivity contribution in [2.45, 2.75) is 26.8 Å². The second kappa shape index (κ2) is 4.71. The summed E-state index contributed by atoms with van der Waals surface area (Å²) < 4.78 is 1.78. The van der Waals surface area contributed by atoms with E-state index in [0.29, 0.717) is 18.4 Å². The Morgan fingerprint density at radius 3 is 2.82 bits per heavy atom. The largest absolute Gasteiger partial charge is 0.349 e. The molecule has 0 aliphatic carbocycles. The third kappa shape index (κ3) is 2.55. The van der Waals surface area contributed by atoms with Gasteiger partial charge in [-0.25, -0.2) is 4.52 Å². The van der Waals surface area contributed by atoms with E-state index in [1.54, 1.807) is 4.52 Å². The molecule has 0 spiro atoms. The molecule has 1 unspecified atom stereocenters. The molecule has 92 valence electrons. The van der Waals surface area contributed by atoms with Gasteiger partial charge in [0.1, 0.15) is 0 Å². The first kappa shape index (κ1) is 11.9. The molecular formula is C12H19N5. The number of hydrogen-bond acceptors (Lipinski definition) is 4. The van der Waals surface area contributed by atoms with Crippen molar-refractivity contribution in [1.29, 1.82) is 0 Å². The van der Waals surface area contributed by atoms with Crippen molar-refractivity contribution in [2.75, 3.05) is 11.9 Å². The fourth-order valence-corrected chi connectivity index (χ4v) is 1.71. The van der Waals surface area contributed by atoms with Crippen LogP contribution in [0.3, 0.4) is 0 Å². The molecule has 5 nitrogen and oxygen atoms in total. The molecule has 17 heavy (non-hydrogen) atoms. The molecule has 1 atom stereocenters. The van der Waals surface area contributed by atoms with Crippen LogP contribution in [0, 0.1) is 12.8 Å². The zero-order valence-corrected chi connectivity index (χ0v) is 10.5. The number of nitrogens with one attached hydrogen (secondary N) is 1. The van der Waals surface area contributed by atoms with E-state index in [9.17, 15) is 0 Å². The first-order chi connectivity index (χ1) is 8.10. The van der Waals surface area contributed by atoms with Crippen molar-refractivity contribution in [3.63, 3.8) is 0 Å². The number of nitrogens with zero attached hydrogens (tertiary/aromatic N) is 3. The van der Waals surface area contributed by atoms with Crippen LogP contribution in [0.25, 0.3) is 5.65 Å². The lowest BCUT2D eigenvalue weighted by Gasteiger charge is -2.18. The number of aromatic nitrogens is 3. The molecule has 0 aromatic carbocycles. The van der Waals surface area contributed by atoms with Crippen LogP contribution in [0.5, 0.6) is 0 Å². The molecule has 5 heteroatoms. The summed E-state index contributed by atoms with van der Waals surface area (Å²) >= 11 is 0. The smallest absolute Gasteiger partial charge is 0.243 e. The summed E-state index contributed by atoms with van der Waals surface area (Å²) in [5.74, 6) is 1.09. The van der Waals surface area contributed by atoms with Crippen LogP contribution in [0.1, 0.15) is 19.4 Å². The fourth-order valence-electron chi connectivity index (χ4n) is 1.71. The number of rotatable bonds is 4. The van der Waals surface area contributed by atoms with Gasteiger partial charge in [-0.05, 0) is 24.5 Å². The third-order valence-corrected chi connectivity index (χ3v) is 2.85. The standard InChI is InChI=1S/C12H19N5/c1-8(2)10(6-13)14-12-15-11-5-4-9(3)7-17(11)16-12/h4-5,7-8,10H,6,13H2,1-3H3,(H,14,16). The van der Waals surface area contributed by atoms with Gasteiger partial charge in [-0.15, -0.1) is 5.10 Å². The minimum Gasteiger partial charge on any atom is -0.349 e. The third-order valence-electron chi connectivity index (χ3n) is 2.85. The number of anilines is 1. The Morgan fingerprint density at radius 1 is 1.41 bits per heavy atom. The van der Waals surface area contributed by atoms with Crippen molar-refractivity contribution >= 4 is 11.6 Å². The molecule has 2 aromatic heterocycles. The molecule has 0 saturated heterocycles. The summed E-state index contributed by atoms with van der Waals surface area (Å²) in [6, 6.07) is 4.19. The maximum absolute atomic E-state index is 5.72. The summed E-state index contributed by atoms with van der Waals surface area (Å²) in [6.07, 6.45) is 1.96. The quantitative estimate of drug-likeness (QED) is 0.838. The van der Waals surface area contributed by atoms with E-state index in [4.69, 9.17) is 5.73 Å². The number of fused-ring (bicyclic) bond motifs is 1. The molecule has 2 heterocycles. The Balaban J connectivity index is 2.24. The van der Waals surface area contributed by atoms with Crippen LogP contribution in [-0.2, 0) is 0 Å². The molecule has 2 rings (SSSR count). The van der Waals surface area contributed by atoms with Gasteiger partial charge in [-0.2, -0.15) is 4.98 Å². The van der Waals surface area contributed by atoms with Gasteiger partial charge in [-0.3, -0.25) is 0 Å². The van der Waals surface area contributed by atoms with Gasteiger partial charge in [0.05, 0.1) is 0 Å². The van der Waals surface area contributed by atoms with E-state index in [0.717, 1.165) is 11.2 Å². The zero-order chi connectivity index (χ0) is 12.4. The van der Waals surface area contributed by atoms with E-state index in [-0.39, 0.29) is 6.04 Å². The minimum absolute atomic E-state index is 0.202. The lowest BCUT2D eigenvalue weighted by molar-refractivity contribution is 0.528. The minimum atomic E-state index is 0.202. The van der Waals surface area contributed by atoms with Crippen LogP contribution >= 0.6 is 0 Å². The van der Waals surface area contributed by atoms with E-state index < -0.39 is 0 Å². The normalized spacial score (nSPS) is 13.2. The molecule has 0 radical (unpaired) electrons. The maximum atomic E-state index is 5.72. The van der Waals surface area contributed by atoms with E-state index in [1.165, 1.54) is 0 Å². The highest BCUT2D eigenvalue weighted by Gasteiger charge is 2.13. The monoisotopic (exact) mass is 233 g/mol. The summed E-state index contributed by atoms with van der Waals surface area (Å²) in [6.45, 7) is 6.87. The van der Waals surface area contributed by atoms with Crippen molar-refractivity contribution in [2.24, 2.45) is 11.7 Å². The highest BCUT2D eigenvalue weighted by Crippen LogP contribution is 2.10. The van der Waals surface area contributed by atoms with Crippen molar-refractivity contribution in [1.82, 2.24) is 14.6 Å². The molecule has 0 amide bonds. The predicted octanol–water partition coefficient (Wildman–Crippen LogP) is 1.43. The average molecular weight is 233 g/mol. The Kier molecular flexibility index (Phi) is 3.28. The summed E-state index contributed by atoms with van der Waals surface area (Å²) in [4.78, 5) is 4.41. The summed E-state index contributed by atoms with van der Waals surface area (Å²) in [5, 5.41) is 7.65. The summed E-state index contributed by atoms with van der Waals surface area (Å²) in [7, 11) is 0. The first-order valence-corrected chi connectivity index (χ1v) is 5.90. The van der Waals surface area contributed by atoms with Crippen molar-refractivity contribution in [3.05, 3.63) is 23.9 Å². The molecule has 2 aromatic rings. The lowest BCUT2D eigenvalue weighted by Crippen LogP contribution is -2.34. The van der Waals surface area contributed by atoms with E-state index in [1.807, 2.05) is 25.3 Å². The topological polar surface area (TPSA) is 68.2 Å². The second-order valence-electron chi connectivity index (χ2n) is 4.68. The molecular weight excluding hydrogens is 214 g/mol.